The van der Waals surface area contributed by atoms with Crippen LogP contribution in [0.2, 0.25) is 5.02 Å². The fraction of sp³-hybridized carbons (Fsp3) is 0.526. The molecule has 3 rings (SSSR count). The average molecular weight is 378 g/mol. The van der Waals surface area contributed by atoms with Crippen LogP contribution in [-0.2, 0) is 9.59 Å². The minimum atomic E-state index is -0.796. The first-order valence-electron chi connectivity index (χ1n) is 9.14. The number of benzene rings is 1. The summed E-state index contributed by atoms with van der Waals surface area (Å²) in [5.74, 6) is -0.611. The van der Waals surface area contributed by atoms with Crippen LogP contribution in [0.1, 0.15) is 57.1 Å². The number of nitrogens with zero attached hydrogens (tertiary/aromatic N) is 1. The first-order chi connectivity index (χ1) is 12.4. The number of hydrogen-bond acceptors (Lipinski definition) is 3. The average Bonchev–Trinajstić information content (AvgIpc) is 2.85. The normalized spacial score (nSPS) is 20.2. The van der Waals surface area contributed by atoms with E-state index in [2.05, 4.69) is 10.6 Å². The number of amides is 4. The Labute approximate surface area is 158 Å². The maximum Gasteiger partial charge on any atom is 0.325 e. The van der Waals surface area contributed by atoms with Crippen molar-refractivity contribution in [3.05, 3.63) is 34.9 Å². The van der Waals surface area contributed by atoms with Gasteiger partial charge in [0.15, 0.2) is 0 Å². The van der Waals surface area contributed by atoms with Crippen molar-refractivity contribution >= 4 is 29.4 Å². The van der Waals surface area contributed by atoms with Crippen LogP contribution in [0.25, 0.3) is 0 Å². The lowest BCUT2D eigenvalue weighted by Crippen LogP contribution is -2.49. The van der Waals surface area contributed by atoms with Crippen molar-refractivity contribution in [1.29, 1.82) is 0 Å². The molecule has 1 saturated heterocycles. The lowest BCUT2D eigenvalue weighted by atomic mass is 9.82. The predicted molar refractivity (Wildman–Crippen MR) is 98.7 cm³/mol. The second-order valence-electron chi connectivity index (χ2n) is 7.04. The van der Waals surface area contributed by atoms with E-state index in [0.717, 1.165) is 29.7 Å². The number of halogens is 1. The zero-order chi connectivity index (χ0) is 18.7. The van der Waals surface area contributed by atoms with Crippen LogP contribution in [0.4, 0.5) is 4.79 Å². The number of nitrogens with one attached hydrogen (secondary N) is 2. The molecular weight excluding hydrogens is 354 g/mol. The van der Waals surface area contributed by atoms with Crippen LogP contribution in [-0.4, -0.2) is 34.8 Å². The molecule has 1 saturated carbocycles. The van der Waals surface area contributed by atoms with E-state index >= 15 is 0 Å². The van der Waals surface area contributed by atoms with Gasteiger partial charge in [-0.2, -0.15) is 0 Å². The maximum atomic E-state index is 12.7. The molecule has 26 heavy (non-hydrogen) atoms. The van der Waals surface area contributed by atoms with E-state index in [0.29, 0.717) is 24.3 Å². The highest BCUT2D eigenvalue weighted by Crippen LogP contribution is 2.33. The zero-order valence-electron chi connectivity index (χ0n) is 14.9. The van der Waals surface area contributed by atoms with Crippen LogP contribution in [0.3, 0.4) is 0 Å². The van der Waals surface area contributed by atoms with Gasteiger partial charge in [0.25, 0.3) is 5.91 Å². The molecule has 2 N–H and O–H groups in total. The van der Waals surface area contributed by atoms with Gasteiger partial charge in [0.05, 0.1) is 6.04 Å². The van der Waals surface area contributed by atoms with Crippen LogP contribution in [0.15, 0.2) is 24.3 Å². The Kier molecular flexibility index (Phi) is 5.51. The van der Waals surface area contributed by atoms with E-state index < -0.39 is 11.6 Å². The van der Waals surface area contributed by atoms with Gasteiger partial charge in [0.2, 0.25) is 5.91 Å². The highest BCUT2D eigenvalue weighted by molar-refractivity contribution is 6.30. The standard InChI is InChI=1S/C19H24ClN3O3/c1-2-15(13-6-8-14(20)9-7-13)21-16(24)12-23-17(25)19(22-18(23)26)10-4-3-5-11-19/h6-9,15H,2-5,10-12H2,1H3,(H,21,24)(H,22,26). The quantitative estimate of drug-likeness (QED) is 0.773. The Morgan fingerprint density at radius 1 is 1.23 bits per heavy atom. The molecule has 1 unspecified atom stereocenters. The Morgan fingerprint density at radius 3 is 2.50 bits per heavy atom. The lowest BCUT2D eigenvalue weighted by Gasteiger charge is -2.30. The van der Waals surface area contributed by atoms with E-state index in [1.165, 1.54) is 0 Å². The molecule has 1 atom stereocenters. The van der Waals surface area contributed by atoms with Gasteiger partial charge in [0.1, 0.15) is 12.1 Å². The number of imide groups is 1. The molecule has 140 valence electrons. The first kappa shape index (κ1) is 18.7. The SMILES string of the molecule is CCC(NC(=O)CN1C(=O)NC2(CCCCC2)C1=O)c1ccc(Cl)cc1. The summed E-state index contributed by atoms with van der Waals surface area (Å²) in [6.07, 6.45) is 4.90. The third-order valence-electron chi connectivity index (χ3n) is 5.27. The Morgan fingerprint density at radius 2 is 1.88 bits per heavy atom. The molecule has 2 fully saturated rings. The van der Waals surface area contributed by atoms with Crippen molar-refractivity contribution in [2.45, 2.75) is 57.0 Å². The van der Waals surface area contributed by atoms with Crippen molar-refractivity contribution in [2.24, 2.45) is 0 Å². The fourth-order valence-electron chi connectivity index (χ4n) is 3.81. The largest absolute Gasteiger partial charge is 0.348 e. The lowest BCUT2D eigenvalue weighted by molar-refractivity contribution is -0.136. The Bertz CT molecular complexity index is 698. The summed E-state index contributed by atoms with van der Waals surface area (Å²) in [5.41, 5.74) is 0.141. The molecule has 1 spiro atoms. The third-order valence-corrected chi connectivity index (χ3v) is 5.52. The van der Waals surface area contributed by atoms with Gasteiger partial charge in [-0.1, -0.05) is 49.9 Å². The molecule has 1 aliphatic carbocycles. The molecule has 2 aliphatic rings. The van der Waals surface area contributed by atoms with Crippen molar-refractivity contribution in [1.82, 2.24) is 15.5 Å². The van der Waals surface area contributed by atoms with Crippen LogP contribution in [0.5, 0.6) is 0 Å². The molecule has 1 aromatic carbocycles. The van der Waals surface area contributed by atoms with E-state index in [1.54, 1.807) is 12.1 Å². The molecule has 6 nitrogen and oxygen atoms in total. The summed E-state index contributed by atoms with van der Waals surface area (Å²) in [4.78, 5) is 38.5. The zero-order valence-corrected chi connectivity index (χ0v) is 15.6. The summed E-state index contributed by atoms with van der Waals surface area (Å²) in [6.45, 7) is 1.71. The molecular formula is C19H24ClN3O3. The molecule has 0 aromatic heterocycles. The minimum Gasteiger partial charge on any atom is -0.348 e. The van der Waals surface area contributed by atoms with E-state index in [4.69, 9.17) is 11.6 Å². The van der Waals surface area contributed by atoms with E-state index in [1.807, 2.05) is 19.1 Å². The number of urea groups is 1. The summed E-state index contributed by atoms with van der Waals surface area (Å²) in [6, 6.07) is 6.62. The second kappa shape index (κ2) is 7.66. The van der Waals surface area contributed by atoms with Crippen molar-refractivity contribution in [3.8, 4) is 0 Å². The van der Waals surface area contributed by atoms with Gasteiger partial charge < -0.3 is 10.6 Å². The third kappa shape index (κ3) is 3.70. The number of carbonyl (C=O) groups excluding carboxylic acids is 3. The monoisotopic (exact) mass is 377 g/mol. The highest BCUT2D eigenvalue weighted by atomic mass is 35.5. The highest BCUT2D eigenvalue weighted by Gasteiger charge is 2.51. The van der Waals surface area contributed by atoms with Crippen LogP contribution in [0, 0.1) is 0 Å². The molecule has 4 amide bonds. The van der Waals surface area contributed by atoms with Crippen molar-refractivity contribution < 1.29 is 14.4 Å². The summed E-state index contributed by atoms with van der Waals surface area (Å²) in [5, 5.41) is 6.36. The maximum absolute atomic E-state index is 12.7. The Balaban J connectivity index is 1.64. The van der Waals surface area contributed by atoms with Gasteiger partial charge >= 0.3 is 6.03 Å². The number of hydrogen-bond donors (Lipinski definition) is 2. The molecule has 0 radical (unpaired) electrons. The topological polar surface area (TPSA) is 78.5 Å². The minimum absolute atomic E-state index is 0.191. The van der Waals surface area contributed by atoms with E-state index in [9.17, 15) is 14.4 Å². The summed E-state index contributed by atoms with van der Waals surface area (Å²) < 4.78 is 0. The Hall–Kier alpha value is -2.08. The number of carbonyl (C=O) groups is 3. The number of rotatable bonds is 5. The predicted octanol–water partition coefficient (Wildman–Crippen LogP) is 3.16. The molecule has 0 bridgehead atoms. The van der Waals surface area contributed by atoms with Crippen molar-refractivity contribution in [3.63, 3.8) is 0 Å². The van der Waals surface area contributed by atoms with Gasteiger partial charge in [-0.3, -0.25) is 14.5 Å². The molecule has 1 heterocycles. The molecule has 1 aromatic rings. The van der Waals surface area contributed by atoms with Crippen molar-refractivity contribution in [2.75, 3.05) is 6.54 Å². The van der Waals surface area contributed by atoms with Crippen LogP contribution >= 0.6 is 11.6 Å². The molecule has 1 aliphatic heterocycles. The summed E-state index contributed by atoms with van der Waals surface area (Å²) >= 11 is 5.91. The second-order valence-corrected chi connectivity index (χ2v) is 7.48. The van der Waals surface area contributed by atoms with Gasteiger partial charge in [-0.25, -0.2) is 4.79 Å². The van der Waals surface area contributed by atoms with Gasteiger partial charge in [-0.15, -0.1) is 0 Å². The fourth-order valence-corrected chi connectivity index (χ4v) is 3.94. The van der Waals surface area contributed by atoms with E-state index in [-0.39, 0.29) is 24.4 Å². The molecule has 7 heteroatoms. The smallest absolute Gasteiger partial charge is 0.325 e. The summed E-state index contributed by atoms with van der Waals surface area (Å²) in [7, 11) is 0. The first-order valence-corrected chi connectivity index (χ1v) is 9.52. The van der Waals surface area contributed by atoms with Gasteiger partial charge in [-0.05, 0) is 37.0 Å². The van der Waals surface area contributed by atoms with Crippen LogP contribution < -0.4 is 10.6 Å². The van der Waals surface area contributed by atoms with Gasteiger partial charge in [0, 0.05) is 5.02 Å².